The molecule has 0 radical (unpaired) electrons. The fourth-order valence-corrected chi connectivity index (χ4v) is 4.50. The molecule has 1 aromatic rings. The highest BCUT2D eigenvalue weighted by Gasteiger charge is 2.34. The van der Waals surface area contributed by atoms with Crippen LogP contribution in [0.3, 0.4) is 0 Å². The molecule has 0 saturated carbocycles. The molecule has 3 atom stereocenters. The summed E-state index contributed by atoms with van der Waals surface area (Å²) in [5.74, 6) is 2.67. The van der Waals surface area contributed by atoms with E-state index in [-0.39, 0.29) is 24.4 Å². The Hall–Kier alpha value is -0.710. The van der Waals surface area contributed by atoms with Crippen molar-refractivity contribution < 1.29 is 4.79 Å². The number of benzene rings is 1. The van der Waals surface area contributed by atoms with Gasteiger partial charge in [0.05, 0.1) is 6.04 Å². The van der Waals surface area contributed by atoms with Crippen LogP contribution in [0.1, 0.15) is 31.4 Å². The van der Waals surface area contributed by atoms with Gasteiger partial charge in [-0.1, -0.05) is 30.3 Å². The van der Waals surface area contributed by atoms with Crippen LogP contribution in [0.5, 0.6) is 0 Å². The Balaban J connectivity index is 0.00000176. The van der Waals surface area contributed by atoms with Crippen molar-refractivity contribution in [1.82, 2.24) is 10.2 Å². The highest BCUT2D eigenvalue weighted by atomic mass is 35.5. The topological polar surface area (TPSA) is 32.3 Å². The maximum atomic E-state index is 13.0. The van der Waals surface area contributed by atoms with E-state index in [2.05, 4.69) is 41.4 Å². The highest BCUT2D eigenvalue weighted by Crippen LogP contribution is 2.32. The molecule has 0 aliphatic carbocycles. The van der Waals surface area contributed by atoms with Crippen LogP contribution in [0.25, 0.3) is 0 Å². The van der Waals surface area contributed by atoms with Gasteiger partial charge in [-0.2, -0.15) is 11.8 Å². The average molecular weight is 341 g/mol. The molecule has 1 N–H and O–H groups in total. The second-order valence-electron chi connectivity index (χ2n) is 6.11. The Morgan fingerprint density at radius 3 is 2.82 bits per heavy atom. The third kappa shape index (κ3) is 3.98. The van der Waals surface area contributed by atoms with E-state index in [4.69, 9.17) is 0 Å². The number of hydrogen-bond donors (Lipinski definition) is 1. The molecule has 2 aliphatic rings. The Morgan fingerprint density at radius 1 is 1.32 bits per heavy atom. The zero-order chi connectivity index (χ0) is 14.7. The van der Waals surface area contributed by atoms with E-state index in [9.17, 15) is 4.79 Å². The Bertz CT molecular complexity index is 485. The minimum atomic E-state index is 0. The summed E-state index contributed by atoms with van der Waals surface area (Å²) in [6.07, 6.45) is 1.96. The molecule has 2 fully saturated rings. The number of carbonyl (C=O) groups excluding carboxylic acids is 1. The van der Waals surface area contributed by atoms with Gasteiger partial charge in [-0.25, -0.2) is 0 Å². The molecule has 3 rings (SSSR count). The van der Waals surface area contributed by atoms with Crippen molar-refractivity contribution in [1.29, 1.82) is 0 Å². The lowest BCUT2D eigenvalue weighted by atomic mass is 9.91. The summed E-state index contributed by atoms with van der Waals surface area (Å²) in [6.45, 7) is 4.04. The Labute approximate surface area is 143 Å². The van der Waals surface area contributed by atoms with Gasteiger partial charge in [0, 0.05) is 30.0 Å². The fraction of sp³-hybridized carbons (Fsp3) is 0.588. The molecule has 3 nitrogen and oxygen atoms in total. The molecule has 0 spiro atoms. The van der Waals surface area contributed by atoms with E-state index in [1.807, 2.05) is 17.8 Å². The molecule has 0 bridgehead atoms. The number of hydrogen-bond acceptors (Lipinski definition) is 3. The molecule has 122 valence electrons. The first-order valence-corrected chi connectivity index (χ1v) is 9.07. The van der Waals surface area contributed by atoms with Gasteiger partial charge in [-0.3, -0.25) is 4.79 Å². The highest BCUT2D eigenvalue weighted by molar-refractivity contribution is 7.99. The number of piperidine rings is 1. The molecule has 1 aromatic carbocycles. The number of nitrogens with one attached hydrogen (secondary N) is 1. The molecule has 2 saturated heterocycles. The number of nitrogens with zero attached hydrogens (tertiary/aromatic N) is 1. The van der Waals surface area contributed by atoms with Gasteiger partial charge in [0.25, 0.3) is 0 Å². The Kier molecular flexibility index (Phi) is 6.60. The average Bonchev–Trinajstić information content (AvgIpc) is 2.55. The zero-order valence-electron chi connectivity index (χ0n) is 13.0. The van der Waals surface area contributed by atoms with Gasteiger partial charge in [0.2, 0.25) is 5.91 Å². The van der Waals surface area contributed by atoms with E-state index >= 15 is 0 Å². The van der Waals surface area contributed by atoms with E-state index < -0.39 is 0 Å². The van der Waals surface area contributed by atoms with Crippen LogP contribution in [0, 0.1) is 5.92 Å². The number of carbonyl (C=O) groups is 1. The predicted molar refractivity (Wildman–Crippen MR) is 95.7 cm³/mol. The summed E-state index contributed by atoms with van der Waals surface area (Å²) >= 11 is 1.96. The van der Waals surface area contributed by atoms with Crippen molar-refractivity contribution in [3.05, 3.63) is 35.9 Å². The summed E-state index contributed by atoms with van der Waals surface area (Å²) < 4.78 is 0. The minimum Gasteiger partial charge on any atom is -0.334 e. The van der Waals surface area contributed by atoms with Crippen molar-refractivity contribution in [3.8, 4) is 0 Å². The molecule has 22 heavy (non-hydrogen) atoms. The Morgan fingerprint density at radius 2 is 2.09 bits per heavy atom. The van der Waals surface area contributed by atoms with Gasteiger partial charge < -0.3 is 10.2 Å². The van der Waals surface area contributed by atoms with Crippen LogP contribution in [-0.4, -0.2) is 41.4 Å². The summed E-state index contributed by atoms with van der Waals surface area (Å²) in [5.41, 5.74) is 1.28. The molecule has 1 unspecified atom stereocenters. The lowest BCUT2D eigenvalue weighted by Gasteiger charge is -2.39. The van der Waals surface area contributed by atoms with Crippen molar-refractivity contribution in [2.45, 2.75) is 31.8 Å². The number of halogens is 1. The summed E-state index contributed by atoms with van der Waals surface area (Å²) in [5, 5.41) is 3.44. The van der Waals surface area contributed by atoms with Crippen LogP contribution < -0.4 is 5.32 Å². The van der Waals surface area contributed by atoms with Crippen LogP contribution >= 0.6 is 24.2 Å². The SMILES string of the molecule is C[C@H]1C[C@@H](C(=O)N2CCSCC2c2ccccc2)CCN1.Cl. The molecule has 1 amide bonds. The lowest BCUT2D eigenvalue weighted by Crippen LogP contribution is -2.47. The van der Waals surface area contributed by atoms with Crippen LogP contribution in [0.4, 0.5) is 0 Å². The first kappa shape index (κ1) is 17.6. The van der Waals surface area contributed by atoms with E-state index in [0.717, 1.165) is 37.4 Å². The first-order valence-electron chi connectivity index (χ1n) is 7.92. The quantitative estimate of drug-likeness (QED) is 0.897. The van der Waals surface area contributed by atoms with E-state index in [1.54, 1.807) is 0 Å². The maximum absolute atomic E-state index is 13.0. The lowest BCUT2D eigenvalue weighted by molar-refractivity contribution is -0.138. The second kappa shape index (κ2) is 8.23. The number of rotatable bonds is 2. The molecule has 5 heteroatoms. The fourth-order valence-electron chi connectivity index (χ4n) is 3.41. The van der Waals surface area contributed by atoms with Crippen molar-refractivity contribution >= 4 is 30.1 Å². The standard InChI is InChI=1S/C17H24N2OS.ClH/c1-13-11-15(7-8-18-13)17(20)19-9-10-21-12-16(19)14-5-3-2-4-6-14;/h2-6,13,15-16,18H,7-12H2,1H3;1H/t13-,15-,16?;/m0./s1. The predicted octanol–water partition coefficient (Wildman–Crippen LogP) is 3.11. The summed E-state index contributed by atoms with van der Waals surface area (Å²) in [6, 6.07) is 11.2. The zero-order valence-corrected chi connectivity index (χ0v) is 14.7. The second-order valence-corrected chi connectivity index (χ2v) is 7.26. The normalized spacial score (nSPS) is 28.8. The van der Waals surface area contributed by atoms with Gasteiger partial charge in [0.1, 0.15) is 0 Å². The molecule has 0 aromatic heterocycles. The van der Waals surface area contributed by atoms with Gasteiger partial charge in [0.15, 0.2) is 0 Å². The van der Waals surface area contributed by atoms with Gasteiger partial charge in [-0.15, -0.1) is 12.4 Å². The molecular weight excluding hydrogens is 316 g/mol. The van der Waals surface area contributed by atoms with Gasteiger partial charge >= 0.3 is 0 Å². The van der Waals surface area contributed by atoms with E-state index in [1.165, 1.54) is 5.56 Å². The van der Waals surface area contributed by atoms with Crippen molar-refractivity contribution in [2.24, 2.45) is 5.92 Å². The maximum Gasteiger partial charge on any atom is 0.226 e. The third-order valence-corrected chi connectivity index (χ3v) is 5.59. The smallest absolute Gasteiger partial charge is 0.226 e. The van der Waals surface area contributed by atoms with Crippen molar-refractivity contribution in [3.63, 3.8) is 0 Å². The summed E-state index contributed by atoms with van der Waals surface area (Å²) in [7, 11) is 0. The monoisotopic (exact) mass is 340 g/mol. The largest absolute Gasteiger partial charge is 0.334 e. The summed E-state index contributed by atoms with van der Waals surface area (Å²) in [4.78, 5) is 15.1. The van der Waals surface area contributed by atoms with Crippen LogP contribution in [0.15, 0.2) is 30.3 Å². The minimum absolute atomic E-state index is 0. The third-order valence-electron chi connectivity index (χ3n) is 4.57. The molecule has 2 aliphatic heterocycles. The van der Waals surface area contributed by atoms with Gasteiger partial charge in [-0.05, 0) is 31.9 Å². The van der Waals surface area contributed by atoms with E-state index in [0.29, 0.717) is 11.9 Å². The molecule has 2 heterocycles. The van der Waals surface area contributed by atoms with Crippen molar-refractivity contribution in [2.75, 3.05) is 24.6 Å². The molecular formula is C17H25ClN2OS. The number of amides is 1. The van der Waals surface area contributed by atoms with Crippen LogP contribution in [0.2, 0.25) is 0 Å². The van der Waals surface area contributed by atoms with Crippen LogP contribution in [-0.2, 0) is 4.79 Å². The number of thioether (sulfide) groups is 1. The first-order chi connectivity index (χ1) is 10.3.